The average molecular weight is 275 g/mol. The summed E-state index contributed by atoms with van der Waals surface area (Å²) in [7, 11) is 0. The lowest BCUT2D eigenvalue weighted by atomic mass is 10.1. The van der Waals surface area contributed by atoms with Crippen LogP contribution in [0.15, 0.2) is 44.7 Å². The standard InChI is InChI=1S/C16H21NOS/c1-4-8-17-11-14-5-6-15(10-12(14)2)19-16-7-9-18-13(16)3/h5-7,9-10,17H,4,8,11H2,1-3H3. The number of nitrogens with one attached hydrogen (secondary N) is 1. The molecular weight excluding hydrogens is 254 g/mol. The van der Waals surface area contributed by atoms with Crippen LogP contribution in [0.3, 0.4) is 0 Å². The molecule has 0 unspecified atom stereocenters. The van der Waals surface area contributed by atoms with E-state index in [1.165, 1.54) is 27.3 Å². The number of furan rings is 1. The van der Waals surface area contributed by atoms with Crippen molar-refractivity contribution in [1.82, 2.24) is 5.32 Å². The zero-order chi connectivity index (χ0) is 13.7. The quantitative estimate of drug-likeness (QED) is 0.783. The topological polar surface area (TPSA) is 25.2 Å². The fourth-order valence-corrected chi connectivity index (χ4v) is 2.88. The van der Waals surface area contributed by atoms with E-state index in [4.69, 9.17) is 4.42 Å². The fourth-order valence-electron chi connectivity index (χ4n) is 1.94. The largest absolute Gasteiger partial charge is 0.468 e. The third kappa shape index (κ3) is 3.88. The van der Waals surface area contributed by atoms with Gasteiger partial charge in [-0.05, 0) is 56.1 Å². The third-order valence-corrected chi connectivity index (χ3v) is 4.23. The first-order valence-electron chi connectivity index (χ1n) is 6.73. The number of aryl methyl sites for hydroxylation is 2. The lowest BCUT2D eigenvalue weighted by molar-refractivity contribution is 0.527. The maximum absolute atomic E-state index is 5.33. The van der Waals surface area contributed by atoms with Crippen LogP contribution in [0.1, 0.15) is 30.2 Å². The Morgan fingerprint density at radius 1 is 1.21 bits per heavy atom. The summed E-state index contributed by atoms with van der Waals surface area (Å²) in [4.78, 5) is 2.46. The predicted molar refractivity (Wildman–Crippen MR) is 80.7 cm³/mol. The summed E-state index contributed by atoms with van der Waals surface area (Å²) in [5.41, 5.74) is 2.72. The molecule has 1 N–H and O–H groups in total. The summed E-state index contributed by atoms with van der Waals surface area (Å²) in [6.07, 6.45) is 2.92. The highest BCUT2D eigenvalue weighted by Crippen LogP contribution is 2.31. The lowest BCUT2D eigenvalue weighted by Crippen LogP contribution is -2.14. The number of rotatable bonds is 6. The summed E-state index contributed by atoms with van der Waals surface area (Å²) < 4.78 is 5.33. The van der Waals surface area contributed by atoms with Crippen molar-refractivity contribution in [3.63, 3.8) is 0 Å². The van der Waals surface area contributed by atoms with E-state index in [0.29, 0.717) is 0 Å². The SMILES string of the molecule is CCCNCc1ccc(Sc2ccoc2C)cc1C. The van der Waals surface area contributed by atoms with Crippen LogP contribution in [0.25, 0.3) is 0 Å². The van der Waals surface area contributed by atoms with Crippen LogP contribution < -0.4 is 5.32 Å². The minimum Gasteiger partial charge on any atom is -0.468 e. The first-order valence-corrected chi connectivity index (χ1v) is 7.54. The Labute approximate surface area is 119 Å². The summed E-state index contributed by atoms with van der Waals surface area (Å²) in [5.74, 6) is 0.983. The van der Waals surface area contributed by atoms with Gasteiger partial charge in [-0.1, -0.05) is 24.8 Å². The van der Waals surface area contributed by atoms with Crippen molar-refractivity contribution >= 4 is 11.8 Å². The van der Waals surface area contributed by atoms with Gasteiger partial charge >= 0.3 is 0 Å². The van der Waals surface area contributed by atoms with Gasteiger partial charge in [-0.25, -0.2) is 0 Å². The molecule has 0 aliphatic carbocycles. The van der Waals surface area contributed by atoms with Crippen molar-refractivity contribution in [3.8, 4) is 0 Å². The van der Waals surface area contributed by atoms with E-state index in [0.717, 1.165) is 18.8 Å². The van der Waals surface area contributed by atoms with Crippen molar-refractivity contribution < 1.29 is 4.42 Å². The van der Waals surface area contributed by atoms with Gasteiger partial charge in [0.2, 0.25) is 0 Å². The molecule has 0 bridgehead atoms. The first kappa shape index (κ1) is 14.2. The molecule has 1 aromatic heterocycles. The second-order valence-electron chi connectivity index (χ2n) is 4.71. The molecule has 3 heteroatoms. The molecule has 0 saturated carbocycles. The van der Waals surface area contributed by atoms with Gasteiger partial charge in [-0.2, -0.15) is 0 Å². The molecule has 0 amide bonds. The smallest absolute Gasteiger partial charge is 0.114 e. The highest BCUT2D eigenvalue weighted by atomic mass is 32.2. The molecule has 0 fully saturated rings. The zero-order valence-corrected chi connectivity index (χ0v) is 12.6. The Bertz CT molecular complexity index is 533. The van der Waals surface area contributed by atoms with Crippen LogP contribution in [-0.4, -0.2) is 6.54 Å². The molecule has 1 aromatic carbocycles. The molecule has 0 radical (unpaired) electrons. The highest BCUT2D eigenvalue weighted by Gasteiger charge is 2.05. The molecule has 102 valence electrons. The van der Waals surface area contributed by atoms with Gasteiger partial charge in [0.1, 0.15) is 5.76 Å². The summed E-state index contributed by atoms with van der Waals surface area (Å²) in [6.45, 7) is 8.39. The van der Waals surface area contributed by atoms with E-state index in [-0.39, 0.29) is 0 Å². The van der Waals surface area contributed by atoms with Crippen LogP contribution in [0.5, 0.6) is 0 Å². The second-order valence-corrected chi connectivity index (χ2v) is 5.82. The fraction of sp³-hybridized carbons (Fsp3) is 0.375. The van der Waals surface area contributed by atoms with Crippen LogP contribution in [0.4, 0.5) is 0 Å². The molecule has 2 aromatic rings. The Hall–Kier alpha value is -1.19. The van der Waals surface area contributed by atoms with E-state index in [2.05, 4.69) is 37.4 Å². The Morgan fingerprint density at radius 3 is 2.68 bits per heavy atom. The van der Waals surface area contributed by atoms with E-state index in [1.54, 1.807) is 18.0 Å². The van der Waals surface area contributed by atoms with Crippen LogP contribution in [0, 0.1) is 13.8 Å². The summed E-state index contributed by atoms with van der Waals surface area (Å²) >= 11 is 1.76. The third-order valence-electron chi connectivity index (χ3n) is 3.10. The molecular formula is C16H21NOS. The maximum atomic E-state index is 5.33. The molecule has 2 nitrogen and oxygen atoms in total. The lowest BCUT2D eigenvalue weighted by Gasteiger charge is -2.09. The van der Waals surface area contributed by atoms with E-state index < -0.39 is 0 Å². The summed E-state index contributed by atoms with van der Waals surface area (Å²) in [6, 6.07) is 8.68. The molecule has 0 aliphatic heterocycles. The molecule has 0 saturated heterocycles. The number of hydrogen-bond acceptors (Lipinski definition) is 3. The van der Waals surface area contributed by atoms with Crippen LogP contribution in [-0.2, 0) is 6.54 Å². The first-order chi connectivity index (χ1) is 9.20. The second kappa shape index (κ2) is 6.83. The normalized spacial score (nSPS) is 10.9. The van der Waals surface area contributed by atoms with Gasteiger partial charge < -0.3 is 9.73 Å². The molecule has 0 spiro atoms. The van der Waals surface area contributed by atoms with Gasteiger partial charge in [0.05, 0.1) is 11.2 Å². The molecule has 0 aliphatic rings. The number of hydrogen-bond donors (Lipinski definition) is 1. The Kier molecular flexibility index (Phi) is 5.11. The van der Waals surface area contributed by atoms with Gasteiger partial charge in [-0.3, -0.25) is 0 Å². The van der Waals surface area contributed by atoms with E-state index in [1.807, 2.05) is 13.0 Å². The number of benzene rings is 1. The zero-order valence-electron chi connectivity index (χ0n) is 11.8. The Balaban J connectivity index is 2.04. The van der Waals surface area contributed by atoms with Crippen molar-refractivity contribution in [1.29, 1.82) is 0 Å². The van der Waals surface area contributed by atoms with Gasteiger partial charge in [0, 0.05) is 11.4 Å². The highest BCUT2D eigenvalue weighted by molar-refractivity contribution is 7.99. The monoisotopic (exact) mass is 275 g/mol. The van der Waals surface area contributed by atoms with Crippen molar-refractivity contribution in [2.24, 2.45) is 0 Å². The van der Waals surface area contributed by atoms with Gasteiger partial charge in [-0.15, -0.1) is 0 Å². The predicted octanol–water partition coefficient (Wildman–Crippen LogP) is 4.55. The van der Waals surface area contributed by atoms with Crippen LogP contribution >= 0.6 is 11.8 Å². The molecule has 0 atom stereocenters. The van der Waals surface area contributed by atoms with E-state index >= 15 is 0 Å². The van der Waals surface area contributed by atoms with Crippen LogP contribution in [0.2, 0.25) is 0 Å². The molecule has 1 heterocycles. The van der Waals surface area contributed by atoms with Gasteiger partial charge in [0.15, 0.2) is 0 Å². The average Bonchev–Trinajstić information content (AvgIpc) is 2.78. The Morgan fingerprint density at radius 2 is 2.05 bits per heavy atom. The van der Waals surface area contributed by atoms with E-state index in [9.17, 15) is 0 Å². The molecule has 19 heavy (non-hydrogen) atoms. The summed E-state index contributed by atoms with van der Waals surface area (Å²) in [5, 5.41) is 3.44. The van der Waals surface area contributed by atoms with Crippen molar-refractivity contribution in [2.45, 2.75) is 43.5 Å². The van der Waals surface area contributed by atoms with Crippen molar-refractivity contribution in [2.75, 3.05) is 6.54 Å². The van der Waals surface area contributed by atoms with Gasteiger partial charge in [0.25, 0.3) is 0 Å². The maximum Gasteiger partial charge on any atom is 0.114 e. The minimum absolute atomic E-state index is 0.954. The van der Waals surface area contributed by atoms with Crippen molar-refractivity contribution in [3.05, 3.63) is 47.4 Å². The minimum atomic E-state index is 0.954. The molecule has 2 rings (SSSR count).